The summed E-state index contributed by atoms with van der Waals surface area (Å²) in [7, 11) is 0. The van der Waals surface area contributed by atoms with Gasteiger partial charge in [0.15, 0.2) is 0 Å². The molecule has 88 valence electrons. The molecule has 2 nitrogen and oxygen atoms in total. The predicted molar refractivity (Wildman–Crippen MR) is 68.7 cm³/mol. The van der Waals surface area contributed by atoms with Crippen LogP contribution in [0, 0.1) is 5.92 Å². The molecule has 0 saturated heterocycles. The third-order valence-electron chi connectivity index (χ3n) is 2.38. The lowest BCUT2D eigenvalue weighted by atomic mass is 10.1. The van der Waals surface area contributed by atoms with Crippen LogP contribution in [0.25, 0.3) is 0 Å². The number of amides is 1. The van der Waals surface area contributed by atoms with Gasteiger partial charge in [-0.2, -0.15) is 0 Å². The molecule has 1 rings (SSSR count). The highest BCUT2D eigenvalue weighted by Gasteiger charge is 2.06. The van der Waals surface area contributed by atoms with E-state index in [-0.39, 0.29) is 5.91 Å². The SMILES string of the molecule is CC(C)CCC(=O)Nc1ccccc1CCl. The van der Waals surface area contributed by atoms with Crippen LogP contribution in [-0.4, -0.2) is 5.91 Å². The molecule has 1 aromatic carbocycles. The lowest BCUT2D eigenvalue weighted by Gasteiger charge is -2.09. The van der Waals surface area contributed by atoms with Crippen molar-refractivity contribution in [2.75, 3.05) is 5.32 Å². The van der Waals surface area contributed by atoms with Gasteiger partial charge in [-0.15, -0.1) is 11.6 Å². The summed E-state index contributed by atoms with van der Waals surface area (Å²) in [6.45, 7) is 4.22. The highest BCUT2D eigenvalue weighted by molar-refractivity contribution is 6.17. The molecule has 0 radical (unpaired) electrons. The van der Waals surface area contributed by atoms with Gasteiger partial charge in [0.2, 0.25) is 5.91 Å². The molecule has 0 fully saturated rings. The molecule has 0 bridgehead atoms. The van der Waals surface area contributed by atoms with Gasteiger partial charge in [0, 0.05) is 18.0 Å². The van der Waals surface area contributed by atoms with Gasteiger partial charge >= 0.3 is 0 Å². The molecule has 0 spiro atoms. The molecule has 0 aliphatic rings. The smallest absolute Gasteiger partial charge is 0.224 e. The number of anilines is 1. The van der Waals surface area contributed by atoms with Gasteiger partial charge < -0.3 is 5.32 Å². The first-order chi connectivity index (χ1) is 7.63. The number of halogens is 1. The molecule has 0 atom stereocenters. The first-order valence-electron chi connectivity index (χ1n) is 5.57. The Labute approximate surface area is 102 Å². The molecule has 0 heterocycles. The maximum absolute atomic E-state index is 11.6. The van der Waals surface area contributed by atoms with Crippen molar-refractivity contribution in [3.05, 3.63) is 29.8 Å². The number of carbonyl (C=O) groups is 1. The van der Waals surface area contributed by atoms with E-state index in [1.807, 2.05) is 24.3 Å². The fourth-order valence-corrected chi connectivity index (χ4v) is 1.62. The van der Waals surface area contributed by atoms with Gasteiger partial charge in [-0.05, 0) is 24.0 Å². The number of alkyl halides is 1. The summed E-state index contributed by atoms with van der Waals surface area (Å²) >= 11 is 5.79. The van der Waals surface area contributed by atoms with Crippen LogP contribution < -0.4 is 5.32 Å². The van der Waals surface area contributed by atoms with E-state index in [0.717, 1.165) is 17.7 Å². The van der Waals surface area contributed by atoms with Gasteiger partial charge in [0.1, 0.15) is 0 Å². The van der Waals surface area contributed by atoms with Crippen LogP contribution in [0.1, 0.15) is 32.3 Å². The molecule has 0 aliphatic carbocycles. The molecule has 1 amide bonds. The molecular weight excluding hydrogens is 222 g/mol. The summed E-state index contributed by atoms with van der Waals surface area (Å²) in [5.41, 5.74) is 1.79. The van der Waals surface area contributed by atoms with Gasteiger partial charge in [0.25, 0.3) is 0 Å². The summed E-state index contributed by atoms with van der Waals surface area (Å²) in [6.07, 6.45) is 1.48. The standard InChI is InChI=1S/C13H18ClNO/c1-10(2)7-8-13(16)15-12-6-4-3-5-11(12)9-14/h3-6,10H,7-9H2,1-2H3,(H,15,16). The topological polar surface area (TPSA) is 29.1 Å². The van der Waals surface area contributed by atoms with Crippen molar-refractivity contribution in [1.29, 1.82) is 0 Å². The molecule has 0 aliphatic heterocycles. The van der Waals surface area contributed by atoms with Crippen molar-refractivity contribution in [3.8, 4) is 0 Å². The molecular formula is C13H18ClNO. The summed E-state index contributed by atoms with van der Waals surface area (Å²) < 4.78 is 0. The van der Waals surface area contributed by atoms with E-state index in [9.17, 15) is 4.79 Å². The van der Waals surface area contributed by atoms with Gasteiger partial charge in [-0.3, -0.25) is 4.79 Å². The van der Waals surface area contributed by atoms with Crippen molar-refractivity contribution in [1.82, 2.24) is 0 Å². The van der Waals surface area contributed by atoms with Crippen LogP contribution >= 0.6 is 11.6 Å². The quantitative estimate of drug-likeness (QED) is 0.778. The summed E-state index contributed by atoms with van der Waals surface area (Å²) in [6, 6.07) is 7.62. The Bertz CT molecular complexity index is 350. The molecule has 1 N–H and O–H groups in total. The molecule has 16 heavy (non-hydrogen) atoms. The van der Waals surface area contributed by atoms with Crippen molar-refractivity contribution in [2.24, 2.45) is 5.92 Å². The monoisotopic (exact) mass is 239 g/mol. The summed E-state index contributed by atoms with van der Waals surface area (Å²) in [5, 5.41) is 2.89. The lowest BCUT2D eigenvalue weighted by molar-refractivity contribution is -0.116. The second kappa shape index (κ2) is 6.54. The molecule has 0 saturated carbocycles. The molecule has 3 heteroatoms. The fraction of sp³-hybridized carbons (Fsp3) is 0.462. The minimum atomic E-state index is 0.0614. The number of carbonyl (C=O) groups excluding carboxylic acids is 1. The number of hydrogen-bond donors (Lipinski definition) is 1. The van der Waals surface area contributed by atoms with Crippen LogP contribution in [0.5, 0.6) is 0 Å². The Kier molecular flexibility index (Phi) is 5.33. The average molecular weight is 240 g/mol. The van der Waals surface area contributed by atoms with E-state index in [1.165, 1.54) is 0 Å². The van der Waals surface area contributed by atoms with E-state index < -0.39 is 0 Å². The zero-order valence-corrected chi connectivity index (χ0v) is 10.6. The normalized spacial score (nSPS) is 10.5. The van der Waals surface area contributed by atoms with Crippen molar-refractivity contribution in [3.63, 3.8) is 0 Å². The minimum Gasteiger partial charge on any atom is -0.326 e. The van der Waals surface area contributed by atoms with Gasteiger partial charge in [0.05, 0.1) is 0 Å². The second-order valence-corrected chi connectivity index (χ2v) is 4.54. The van der Waals surface area contributed by atoms with Gasteiger partial charge in [-0.1, -0.05) is 32.0 Å². The van der Waals surface area contributed by atoms with Crippen LogP contribution in [-0.2, 0) is 10.7 Å². The van der Waals surface area contributed by atoms with E-state index in [1.54, 1.807) is 0 Å². The Hall–Kier alpha value is -1.02. The Morgan fingerprint density at radius 1 is 1.38 bits per heavy atom. The third kappa shape index (κ3) is 4.23. The van der Waals surface area contributed by atoms with Crippen molar-refractivity contribution < 1.29 is 4.79 Å². The first kappa shape index (κ1) is 13.0. The molecule has 0 unspecified atom stereocenters. The van der Waals surface area contributed by atoms with Gasteiger partial charge in [-0.25, -0.2) is 0 Å². The van der Waals surface area contributed by atoms with Crippen LogP contribution in [0.4, 0.5) is 5.69 Å². The number of hydrogen-bond acceptors (Lipinski definition) is 1. The van der Waals surface area contributed by atoms with E-state index in [0.29, 0.717) is 18.2 Å². The van der Waals surface area contributed by atoms with E-state index in [4.69, 9.17) is 11.6 Å². The van der Waals surface area contributed by atoms with E-state index in [2.05, 4.69) is 19.2 Å². The van der Waals surface area contributed by atoms with Crippen LogP contribution in [0.3, 0.4) is 0 Å². The Morgan fingerprint density at radius 2 is 2.06 bits per heavy atom. The molecule has 0 aromatic heterocycles. The Balaban J connectivity index is 2.55. The maximum Gasteiger partial charge on any atom is 0.224 e. The number of nitrogens with one attached hydrogen (secondary N) is 1. The lowest BCUT2D eigenvalue weighted by Crippen LogP contribution is -2.13. The van der Waals surface area contributed by atoms with E-state index >= 15 is 0 Å². The minimum absolute atomic E-state index is 0.0614. The molecule has 1 aromatic rings. The number of benzene rings is 1. The third-order valence-corrected chi connectivity index (χ3v) is 2.67. The first-order valence-corrected chi connectivity index (χ1v) is 6.10. The second-order valence-electron chi connectivity index (χ2n) is 4.27. The van der Waals surface area contributed by atoms with Crippen molar-refractivity contribution in [2.45, 2.75) is 32.6 Å². The van der Waals surface area contributed by atoms with Crippen molar-refractivity contribution >= 4 is 23.2 Å². The van der Waals surface area contributed by atoms with Crippen LogP contribution in [0.15, 0.2) is 24.3 Å². The maximum atomic E-state index is 11.6. The average Bonchev–Trinajstić information content (AvgIpc) is 2.27. The fourth-order valence-electron chi connectivity index (χ4n) is 1.39. The zero-order chi connectivity index (χ0) is 12.0. The highest BCUT2D eigenvalue weighted by Crippen LogP contribution is 2.17. The zero-order valence-electron chi connectivity index (χ0n) is 9.79. The largest absolute Gasteiger partial charge is 0.326 e. The number of para-hydroxylation sites is 1. The highest BCUT2D eigenvalue weighted by atomic mass is 35.5. The number of rotatable bonds is 5. The predicted octanol–water partition coefficient (Wildman–Crippen LogP) is 3.80. The summed E-state index contributed by atoms with van der Waals surface area (Å²) in [5.74, 6) is 1.03. The Morgan fingerprint density at radius 3 is 2.69 bits per heavy atom. The summed E-state index contributed by atoms with van der Waals surface area (Å²) in [4.78, 5) is 11.6. The van der Waals surface area contributed by atoms with Crippen LogP contribution in [0.2, 0.25) is 0 Å².